The summed E-state index contributed by atoms with van der Waals surface area (Å²) in [4.78, 5) is 17.3. The Morgan fingerprint density at radius 1 is 1.20 bits per heavy atom. The molecule has 1 heterocycles. The monoisotopic (exact) mass is 399 g/mol. The summed E-state index contributed by atoms with van der Waals surface area (Å²) >= 11 is 6.90. The molecule has 0 spiro atoms. The van der Waals surface area contributed by atoms with Crippen LogP contribution >= 0.6 is 23.6 Å². The van der Waals surface area contributed by atoms with Crippen molar-refractivity contribution in [3.8, 4) is 5.75 Å². The maximum atomic E-state index is 12.7. The molecule has 0 bridgehead atoms. The van der Waals surface area contributed by atoms with Gasteiger partial charge in [-0.2, -0.15) is 8.42 Å². The summed E-state index contributed by atoms with van der Waals surface area (Å²) in [5.41, 5.74) is -0.661. The van der Waals surface area contributed by atoms with Crippen molar-refractivity contribution < 1.29 is 17.6 Å². The number of fused-ring (bicyclic) bond motifs is 1. The van der Waals surface area contributed by atoms with Crippen LogP contribution in [0, 0.1) is 0 Å². The van der Waals surface area contributed by atoms with Gasteiger partial charge in [0.15, 0.2) is 5.75 Å². The zero-order chi connectivity index (χ0) is 18.0. The highest BCUT2D eigenvalue weighted by Gasteiger charge is 2.24. The first-order valence-electron chi connectivity index (χ1n) is 6.72. The summed E-state index contributed by atoms with van der Waals surface area (Å²) < 4.78 is 30.4. The average Bonchev–Trinajstić information content (AvgIpc) is 2.60. The molecule has 0 aliphatic heterocycles. The second-order valence-corrected chi connectivity index (χ2v) is 7.28. The smallest absolute Gasteiger partial charge is 0.292 e. The summed E-state index contributed by atoms with van der Waals surface area (Å²) in [7, 11) is -4.30. The standard InChI is InChI=1S/C14H10ClN3O5S2/c1-24-23-22-9-6-7-12-10(8-9)14(19)18(17-16-12)25(20,21)13-5-3-2-4-11(13)15/h2-8H,1H3. The Balaban J connectivity index is 2.19. The molecule has 0 fully saturated rings. The van der Waals surface area contributed by atoms with Gasteiger partial charge in [-0.1, -0.05) is 27.8 Å². The zero-order valence-corrected chi connectivity index (χ0v) is 15.0. The predicted octanol–water partition coefficient (Wildman–Crippen LogP) is 2.27. The maximum absolute atomic E-state index is 12.7. The van der Waals surface area contributed by atoms with Gasteiger partial charge in [-0.15, -0.1) is 9.43 Å². The van der Waals surface area contributed by atoms with E-state index in [0.717, 1.165) is 12.0 Å². The van der Waals surface area contributed by atoms with Crippen molar-refractivity contribution in [2.75, 3.05) is 6.26 Å². The van der Waals surface area contributed by atoms with Crippen molar-refractivity contribution in [1.82, 2.24) is 14.4 Å². The first-order chi connectivity index (χ1) is 11.9. The van der Waals surface area contributed by atoms with Crippen molar-refractivity contribution >= 4 is 44.6 Å². The second-order valence-electron chi connectivity index (χ2n) is 4.67. The van der Waals surface area contributed by atoms with E-state index in [0.29, 0.717) is 4.09 Å². The van der Waals surface area contributed by atoms with E-state index in [1.54, 1.807) is 12.3 Å². The minimum Gasteiger partial charge on any atom is -0.325 e. The van der Waals surface area contributed by atoms with E-state index in [1.807, 2.05) is 0 Å². The van der Waals surface area contributed by atoms with Gasteiger partial charge >= 0.3 is 0 Å². The zero-order valence-electron chi connectivity index (χ0n) is 12.6. The fraction of sp³-hybridized carbons (Fsp3) is 0.0714. The van der Waals surface area contributed by atoms with E-state index in [4.69, 9.17) is 20.8 Å². The third kappa shape index (κ3) is 3.33. The largest absolute Gasteiger partial charge is 0.325 e. The Labute approximate surface area is 151 Å². The number of hydrogen-bond donors (Lipinski definition) is 0. The third-order valence-corrected chi connectivity index (χ3v) is 5.40. The maximum Gasteiger partial charge on any atom is 0.292 e. The summed E-state index contributed by atoms with van der Waals surface area (Å²) in [6.07, 6.45) is 1.65. The molecular weight excluding hydrogens is 390 g/mol. The number of rotatable bonds is 5. The molecule has 0 saturated heterocycles. The molecule has 0 amide bonds. The first-order valence-corrected chi connectivity index (χ1v) is 9.69. The highest BCUT2D eigenvalue weighted by molar-refractivity contribution is 7.93. The van der Waals surface area contributed by atoms with Gasteiger partial charge in [-0.3, -0.25) is 4.79 Å². The van der Waals surface area contributed by atoms with Crippen LogP contribution in [0.1, 0.15) is 0 Å². The normalized spacial score (nSPS) is 11.6. The quantitative estimate of drug-likeness (QED) is 0.366. The van der Waals surface area contributed by atoms with E-state index in [2.05, 4.69) is 10.3 Å². The molecule has 3 aromatic rings. The minimum atomic E-state index is -4.30. The molecule has 0 saturated carbocycles. The fourth-order valence-corrected chi connectivity index (χ4v) is 3.81. The topological polar surface area (TPSA) is 100 Å². The molecule has 0 radical (unpaired) electrons. The number of aromatic nitrogens is 3. The molecule has 8 nitrogen and oxygen atoms in total. The lowest BCUT2D eigenvalue weighted by molar-refractivity contribution is -0.0769. The highest BCUT2D eigenvalue weighted by Crippen LogP contribution is 2.22. The van der Waals surface area contributed by atoms with Crippen molar-refractivity contribution in [3.63, 3.8) is 0 Å². The molecule has 130 valence electrons. The summed E-state index contributed by atoms with van der Waals surface area (Å²) in [6.45, 7) is 0. The molecule has 0 aliphatic rings. The summed E-state index contributed by atoms with van der Waals surface area (Å²) in [6, 6.07) is 10.0. The van der Waals surface area contributed by atoms with E-state index in [-0.39, 0.29) is 26.6 Å². The van der Waals surface area contributed by atoms with Crippen LogP contribution in [0.4, 0.5) is 0 Å². The lowest BCUT2D eigenvalue weighted by Crippen LogP contribution is -2.31. The van der Waals surface area contributed by atoms with Gasteiger partial charge in [-0.25, -0.2) is 0 Å². The molecule has 0 N–H and O–H groups in total. The summed E-state index contributed by atoms with van der Waals surface area (Å²) in [5, 5.41) is 7.27. The Bertz CT molecular complexity index is 1100. The van der Waals surface area contributed by atoms with Gasteiger partial charge in [-0.05, 0) is 35.5 Å². The van der Waals surface area contributed by atoms with Gasteiger partial charge in [0.2, 0.25) is 0 Å². The van der Waals surface area contributed by atoms with E-state index < -0.39 is 15.6 Å². The predicted molar refractivity (Wildman–Crippen MR) is 93.1 cm³/mol. The van der Waals surface area contributed by atoms with Gasteiger partial charge in [0.1, 0.15) is 10.4 Å². The van der Waals surface area contributed by atoms with Crippen LogP contribution in [0.5, 0.6) is 5.75 Å². The number of benzene rings is 2. The fourth-order valence-electron chi connectivity index (χ4n) is 2.04. The van der Waals surface area contributed by atoms with Gasteiger partial charge in [0.25, 0.3) is 15.6 Å². The average molecular weight is 400 g/mol. The van der Waals surface area contributed by atoms with Gasteiger partial charge in [0, 0.05) is 18.3 Å². The Morgan fingerprint density at radius 3 is 2.68 bits per heavy atom. The molecule has 11 heteroatoms. The van der Waals surface area contributed by atoms with Gasteiger partial charge < -0.3 is 4.89 Å². The molecule has 2 aromatic carbocycles. The van der Waals surface area contributed by atoms with E-state index in [1.165, 1.54) is 36.4 Å². The lowest BCUT2D eigenvalue weighted by Gasteiger charge is -2.08. The molecule has 1 aromatic heterocycles. The van der Waals surface area contributed by atoms with Gasteiger partial charge in [0.05, 0.1) is 10.4 Å². The molecular formula is C14H10ClN3O5S2. The Morgan fingerprint density at radius 2 is 1.96 bits per heavy atom. The van der Waals surface area contributed by atoms with Crippen molar-refractivity contribution in [3.05, 3.63) is 57.8 Å². The molecule has 0 atom stereocenters. The van der Waals surface area contributed by atoms with Crippen LogP contribution in [-0.2, 0) is 14.4 Å². The van der Waals surface area contributed by atoms with E-state index in [9.17, 15) is 13.2 Å². The lowest BCUT2D eigenvalue weighted by atomic mass is 10.2. The number of nitrogens with zero attached hydrogens (tertiary/aromatic N) is 3. The van der Waals surface area contributed by atoms with Crippen LogP contribution in [-0.4, -0.2) is 29.1 Å². The molecule has 3 rings (SSSR count). The number of halogens is 1. The summed E-state index contributed by atoms with van der Waals surface area (Å²) in [5.74, 6) is 0.216. The van der Waals surface area contributed by atoms with Crippen LogP contribution in [0.15, 0.2) is 52.2 Å². The highest BCUT2D eigenvalue weighted by atomic mass is 35.5. The Hall–Kier alpha value is -2.14. The second kappa shape index (κ2) is 7.00. The van der Waals surface area contributed by atoms with Crippen LogP contribution in [0.2, 0.25) is 5.02 Å². The van der Waals surface area contributed by atoms with Crippen molar-refractivity contribution in [1.29, 1.82) is 0 Å². The first kappa shape index (κ1) is 17.7. The van der Waals surface area contributed by atoms with Crippen LogP contribution < -0.4 is 10.4 Å². The molecule has 0 aliphatic carbocycles. The van der Waals surface area contributed by atoms with Crippen LogP contribution in [0.3, 0.4) is 0 Å². The van der Waals surface area contributed by atoms with Crippen molar-refractivity contribution in [2.45, 2.75) is 4.90 Å². The Kier molecular flexibility index (Phi) is 4.95. The van der Waals surface area contributed by atoms with E-state index >= 15 is 0 Å². The van der Waals surface area contributed by atoms with Crippen molar-refractivity contribution in [2.24, 2.45) is 0 Å². The van der Waals surface area contributed by atoms with Crippen LogP contribution in [0.25, 0.3) is 10.9 Å². The minimum absolute atomic E-state index is 0.00725. The molecule has 0 unspecified atom stereocenters. The third-order valence-electron chi connectivity index (χ3n) is 3.15. The SMILES string of the molecule is CSOOc1ccc2nnn(S(=O)(=O)c3ccccc3Cl)c(=O)c2c1. The molecule has 25 heavy (non-hydrogen) atoms. The number of hydrogen-bond acceptors (Lipinski definition) is 8.